The molecule has 18 heavy (non-hydrogen) atoms. The Morgan fingerprint density at radius 3 is 1.72 bits per heavy atom. The molecule has 0 bridgehead atoms. The molecular formula is C16H34OSn. The van der Waals surface area contributed by atoms with Gasteiger partial charge in [-0.1, -0.05) is 0 Å². The van der Waals surface area contributed by atoms with Gasteiger partial charge in [0.25, 0.3) is 0 Å². The van der Waals surface area contributed by atoms with E-state index in [1.54, 1.807) is 3.59 Å². The maximum atomic E-state index is 11.1. The van der Waals surface area contributed by atoms with Gasteiger partial charge >= 0.3 is 128 Å². The average molecular weight is 361 g/mol. The molecule has 0 aliphatic carbocycles. The van der Waals surface area contributed by atoms with Gasteiger partial charge in [-0.05, 0) is 0 Å². The SMILES string of the molecule is CCCCC(=[C](C)[SnH3])C(O)(CCCC)CCCC. The number of rotatable bonds is 10. The molecule has 2 heteroatoms. The van der Waals surface area contributed by atoms with Crippen molar-refractivity contribution < 1.29 is 5.11 Å². The third kappa shape index (κ3) is 6.60. The average Bonchev–Trinajstić information content (AvgIpc) is 2.34. The van der Waals surface area contributed by atoms with E-state index in [0.717, 1.165) is 32.1 Å². The first-order chi connectivity index (χ1) is 8.51. The number of allylic oxidation sites excluding steroid dienone is 1. The first-order valence-corrected chi connectivity index (χ1v) is 10.8. The molecule has 1 nitrogen and oxygen atoms in total. The minimum absolute atomic E-state index is 0.475. The van der Waals surface area contributed by atoms with Crippen LogP contribution in [0.4, 0.5) is 0 Å². The number of aliphatic hydroxyl groups is 1. The van der Waals surface area contributed by atoms with Crippen molar-refractivity contribution in [2.24, 2.45) is 0 Å². The summed E-state index contributed by atoms with van der Waals surface area (Å²) >= 11 is 0.537. The van der Waals surface area contributed by atoms with E-state index in [1.807, 2.05) is 0 Å². The second kappa shape index (κ2) is 10.3. The zero-order chi connectivity index (χ0) is 14.0. The molecule has 0 fully saturated rings. The number of hydrogen-bond donors (Lipinski definition) is 1. The van der Waals surface area contributed by atoms with E-state index < -0.39 is 5.60 Å². The van der Waals surface area contributed by atoms with Crippen LogP contribution in [0.5, 0.6) is 0 Å². The van der Waals surface area contributed by atoms with Crippen LogP contribution in [0.25, 0.3) is 0 Å². The van der Waals surface area contributed by atoms with Gasteiger partial charge in [-0.3, -0.25) is 0 Å². The fraction of sp³-hybridized carbons (Fsp3) is 0.875. The fourth-order valence-corrected chi connectivity index (χ4v) is 4.71. The molecule has 0 radical (unpaired) electrons. The van der Waals surface area contributed by atoms with Crippen LogP contribution >= 0.6 is 0 Å². The third-order valence-corrected chi connectivity index (χ3v) is 5.56. The van der Waals surface area contributed by atoms with E-state index in [4.69, 9.17) is 0 Å². The Morgan fingerprint density at radius 1 is 0.944 bits per heavy atom. The van der Waals surface area contributed by atoms with Crippen molar-refractivity contribution in [3.8, 4) is 0 Å². The summed E-state index contributed by atoms with van der Waals surface area (Å²) in [5.74, 6) is 0. The van der Waals surface area contributed by atoms with Gasteiger partial charge in [0.1, 0.15) is 0 Å². The first kappa shape index (κ1) is 18.5. The van der Waals surface area contributed by atoms with Crippen LogP contribution in [-0.4, -0.2) is 33.2 Å². The molecule has 0 spiro atoms. The summed E-state index contributed by atoms with van der Waals surface area (Å²) in [6.45, 7) is 8.92. The molecule has 1 N–H and O–H groups in total. The van der Waals surface area contributed by atoms with Gasteiger partial charge in [0, 0.05) is 0 Å². The summed E-state index contributed by atoms with van der Waals surface area (Å²) in [4.78, 5) is 0. The Morgan fingerprint density at radius 2 is 1.39 bits per heavy atom. The monoisotopic (exact) mass is 362 g/mol. The molecule has 0 rings (SSSR count). The van der Waals surface area contributed by atoms with E-state index in [9.17, 15) is 5.11 Å². The summed E-state index contributed by atoms with van der Waals surface area (Å²) < 4.78 is 1.54. The minimum atomic E-state index is -0.475. The molecule has 108 valence electrons. The quantitative estimate of drug-likeness (QED) is 0.585. The topological polar surface area (TPSA) is 20.2 Å². The van der Waals surface area contributed by atoms with Gasteiger partial charge < -0.3 is 0 Å². The Balaban J connectivity index is 4.91. The van der Waals surface area contributed by atoms with Crippen molar-refractivity contribution in [1.29, 1.82) is 0 Å². The van der Waals surface area contributed by atoms with Crippen LogP contribution < -0.4 is 0 Å². The van der Waals surface area contributed by atoms with E-state index in [2.05, 4.69) is 27.7 Å². The van der Waals surface area contributed by atoms with E-state index >= 15 is 0 Å². The summed E-state index contributed by atoms with van der Waals surface area (Å²) in [6, 6.07) is 0. The summed E-state index contributed by atoms with van der Waals surface area (Å²) in [7, 11) is 0. The van der Waals surface area contributed by atoms with Gasteiger partial charge in [0.05, 0.1) is 0 Å². The molecule has 0 aromatic heterocycles. The van der Waals surface area contributed by atoms with Gasteiger partial charge in [-0.2, -0.15) is 0 Å². The van der Waals surface area contributed by atoms with Crippen LogP contribution in [0.3, 0.4) is 0 Å². The Kier molecular flexibility index (Phi) is 10.6. The second-order valence-electron chi connectivity index (χ2n) is 5.82. The summed E-state index contributed by atoms with van der Waals surface area (Å²) in [5.41, 5.74) is 0.943. The van der Waals surface area contributed by atoms with Gasteiger partial charge in [0.15, 0.2) is 0 Å². The standard InChI is InChI=1S/C16H31O.Sn.3H/c1-5-9-12-15(8-4)16(17,13-10-6-2)14-11-7-3;;;;/h17H,5-7,9-14H2,1-4H3;;;;. The van der Waals surface area contributed by atoms with Crippen LogP contribution in [0, 0.1) is 0 Å². The number of hydrogen-bond acceptors (Lipinski definition) is 1. The van der Waals surface area contributed by atoms with E-state index in [1.165, 1.54) is 31.3 Å². The predicted molar refractivity (Wildman–Crippen MR) is 86.2 cm³/mol. The van der Waals surface area contributed by atoms with Crippen LogP contribution in [0.15, 0.2) is 9.16 Å². The van der Waals surface area contributed by atoms with Crippen molar-refractivity contribution in [2.45, 2.75) is 91.1 Å². The van der Waals surface area contributed by atoms with E-state index in [0.29, 0.717) is 22.5 Å². The van der Waals surface area contributed by atoms with Gasteiger partial charge in [-0.25, -0.2) is 0 Å². The molecular weight excluding hydrogens is 327 g/mol. The van der Waals surface area contributed by atoms with Gasteiger partial charge in [0.2, 0.25) is 0 Å². The molecule has 0 atom stereocenters. The second-order valence-corrected chi connectivity index (χ2v) is 10.1. The maximum absolute atomic E-state index is 11.1. The van der Waals surface area contributed by atoms with Crippen LogP contribution in [-0.2, 0) is 0 Å². The Hall–Kier alpha value is 0.499. The van der Waals surface area contributed by atoms with Crippen molar-refractivity contribution in [1.82, 2.24) is 0 Å². The molecule has 0 aromatic rings. The molecule has 0 saturated carbocycles. The Labute approximate surface area is 128 Å². The normalized spacial score (nSPS) is 13.8. The zero-order valence-corrected chi connectivity index (χ0v) is 19.0. The predicted octanol–water partition coefficient (Wildman–Crippen LogP) is 3.93. The molecule has 0 saturated heterocycles. The molecule has 0 aliphatic heterocycles. The van der Waals surface area contributed by atoms with Crippen molar-refractivity contribution in [3.05, 3.63) is 9.16 Å². The van der Waals surface area contributed by atoms with Crippen LogP contribution in [0.2, 0.25) is 0 Å². The summed E-state index contributed by atoms with van der Waals surface area (Å²) in [5, 5.41) is 11.1. The van der Waals surface area contributed by atoms with Crippen molar-refractivity contribution >= 4 is 22.5 Å². The van der Waals surface area contributed by atoms with E-state index in [-0.39, 0.29) is 0 Å². The Bertz CT molecular complexity index is 233. The van der Waals surface area contributed by atoms with Crippen molar-refractivity contribution in [2.75, 3.05) is 0 Å². The summed E-state index contributed by atoms with van der Waals surface area (Å²) in [6.07, 6.45) is 10.2. The molecule has 0 amide bonds. The van der Waals surface area contributed by atoms with Gasteiger partial charge in [-0.15, -0.1) is 0 Å². The first-order valence-electron chi connectivity index (χ1n) is 7.91. The molecule has 0 unspecified atom stereocenters. The number of unbranched alkanes of at least 4 members (excludes halogenated alkanes) is 3. The molecule has 0 aromatic carbocycles. The third-order valence-electron chi connectivity index (χ3n) is 3.83. The zero-order valence-electron chi connectivity index (χ0n) is 13.3. The van der Waals surface area contributed by atoms with Crippen molar-refractivity contribution in [3.63, 3.8) is 0 Å². The van der Waals surface area contributed by atoms with Crippen LogP contribution in [0.1, 0.15) is 85.5 Å². The molecule has 0 heterocycles. The fourth-order valence-electron chi connectivity index (χ4n) is 2.67. The molecule has 0 aliphatic rings.